The number of hydrogen-bond donors (Lipinski definition) is 2. The van der Waals surface area contributed by atoms with Crippen LogP contribution in [0, 0.1) is 6.92 Å². The van der Waals surface area contributed by atoms with Crippen molar-refractivity contribution in [2.24, 2.45) is 0 Å². The van der Waals surface area contributed by atoms with Crippen LogP contribution < -0.4 is 10.5 Å². The summed E-state index contributed by atoms with van der Waals surface area (Å²) >= 11 is 6.08. The molecule has 1 aromatic carbocycles. The largest absolute Gasteiger partial charge is 0.496 e. The molecule has 0 spiro atoms. The summed E-state index contributed by atoms with van der Waals surface area (Å²) in [5.41, 5.74) is 8.20. The van der Waals surface area contributed by atoms with E-state index in [0.717, 1.165) is 22.6 Å². The number of ether oxygens (including phenoxy) is 1. The number of aromatic amines is 1. The average molecular weight is 238 g/mol. The number of rotatable bonds is 2. The van der Waals surface area contributed by atoms with Gasteiger partial charge in [0.2, 0.25) is 0 Å². The molecule has 4 nitrogen and oxygen atoms in total. The topological polar surface area (TPSA) is 63.9 Å². The van der Waals surface area contributed by atoms with Gasteiger partial charge in [0.25, 0.3) is 0 Å². The number of benzene rings is 1. The molecule has 0 aliphatic rings. The summed E-state index contributed by atoms with van der Waals surface area (Å²) < 4.78 is 5.30. The van der Waals surface area contributed by atoms with Crippen LogP contribution in [0.3, 0.4) is 0 Å². The molecule has 1 heterocycles. The van der Waals surface area contributed by atoms with Crippen LogP contribution in [0.15, 0.2) is 18.2 Å². The molecule has 0 fully saturated rings. The summed E-state index contributed by atoms with van der Waals surface area (Å²) in [5, 5.41) is 7.43. The third-order valence-corrected chi connectivity index (χ3v) is 2.86. The first-order valence-electron chi connectivity index (χ1n) is 4.78. The molecule has 0 radical (unpaired) electrons. The lowest BCUT2D eigenvalue weighted by atomic mass is 10.0. The number of aromatic nitrogens is 2. The van der Waals surface area contributed by atoms with E-state index < -0.39 is 0 Å². The smallest absolute Gasteiger partial charge is 0.145 e. The van der Waals surface area contributed by atoms with Gasteiger partial charge in [-0.25, -0.2) is 0 Å². The van der Waals surface area contributed by atoms with Crippen LogP contribution >= 0.6 is 11.6 Å². The minimum absolute atomic E-state index is 0.441. The molecule has 2 aromatic rings. The maximum absolute atomic E-state index is 6.08. The maximum Gasteiger partial charge on any atom is 0.145 e. The fraction of sp³-hybridized carbons (Fsp3) is 0.182. The second-order valence-corrected chi connectivity index (χ2v) is 3.86. The summed E-state index contributed by atoms with van der Waals surface area (Å²) in [5.74, 6) is 1.18. The van der Waals surface area contributed by atoms with Crippen molar-refractivity contribution in [2.75, 3.05) is 12.8 Å². The van der Waals surface area contributed by atoms with E-state index in [9.17, 15) is 0 Å². The normalized spacial score (nSPS) is 10.4. The van der Waals surface area contributed by atoms with Gasteiger partial charge in [-0.15, -0.1) is 0 Å². The number of nitrogens with one attached hydrogen (secondary N) is 1. The molecule has 0 atom stereocenters. The standard InChI is InChI=1S/C11H12ClN3O/c1-6-7(12)3-4-9(16-2)11(6)8-5-10(13)15-14-8/h3-5H,1-2H3,(H3,13,14,15). The first-order chi connectivity index (χ1) is 7.63. The van der Waals surface area contributed by atoms with Crippen molar-refractivity contribution in [2.45, 2.75) is 6.92 Å². The number of methoxy groups -OCH3 is 1. The Morgan fingerprint density at radius 3 is 2.75 bits per heavy atom. The lowest BCUT2D eigenvalue weighted by Gasteiger charge is -2.10. The first kappa shape index (κ1) is 10.8. The van der Waals surface area contributed by atoms with Gasteiger partial charge in [0.1, 0.15) is 11.6 Å². The second-order valence-electron chi connectivity index (χ2n) is 3.46. The maximum atomic E-state index is 6.08. The van der Waals surface area contributed by atoms with Gasteiger partial charge < -0.3 is 10.5 Å². The summed E-state index contributed by atoms with van der Waals surface area (Å²) in [6.07, 6.45) is 0. The predicted octanol–water partition coefficient (Wildman–Crippen LogP) is 2.63. The highest BCUT2D eigenvalue weighted by atomic mass is 35.5. The zero-order valence-corrected chi connectivity index (χ0v) is 9.80. The molecule has 1 aromatic heterocycles. The van der Waals surface area contributed by atoms with Crippen molar-refractivity contribution >= 4 is 17.4 Å². The number of anilines is 1. The van der Waals surface area contributed by atoms with E-state index in [1.807, 2.05) is 13.0 Å². The predicted molar refractivity (Wildman–Crippen MR) is 64.7 cm³/mol. The van der Waals surface area contributed by atoms with Gasteiger partial charge in [-0.1, -0.05) is 11.6 Å². The molecule has 16 heavy (non-hydrogen) atoms. The summed E-state index contributed by atoms with van der Waals surface area (Å²) in [6.45, 7) is 1.93. The van der Waals surface area contributed by atoms with Crippen LogP contribution in [0.4, 0.5) is 5.82 Å². The lowest BCUT2D eigenvalue weighted by Crippen LogP contribution is -1.92. The fourth-order valence-electron chi connectivity index (χ4n) is 1.63. The molecular weight excluding hydrogens is 226 g/mol. The molecule has 0 unspecified atom stereocenters. The van der Waals surface area contributed by atoms with Gasteiger partial charge in [0, 0.05) is 16.7 Å². The van der Waals surface area contributed by atoms with Crippen molar-refractivity contribution in [1.29, 1.82) is 0 Å². The average Bonchev–Trinajstić information content (AvgIpc) is 2.68. The summed E-state index contributed by atoms with van der Waals surface area (Å²) in [7, 11) is 1.62. The Kier molecular flexibility index (Phi) is 2.75. The van der Waals surface area contributed by atoms with Gasteiger partial charge in [-0.2, -0.15) is 5.10 Å². The highest BCUT2D eigenvalue weighted by Gasteiger charge is 2.13. The molecule has 84 valence electrons. The Balaban J connectivity index is 2.66. The highest BCUT2D eigenvalue weighted by Crippen LogP contribution is 2.36. The monoisotopic (exact) mass is 237 g/mol. The summed E-state index contributed by atoms with van der Waals surface area (Å²) in [6, 6.07) is 5.38. The molecule has 5 heteroatoms. The fourth-order valence-corrected chi connectivity index (χ4v) is 1.79. The minimum atomic E-state index is 0.441. The number of nitrogen functional groups attached to an aromatic ring is 1. The van der Waals surface area contributed by atoms with E-state index in [-0.39, 0.29) is 0 Å². The quantitative estimate of drug-likeness (QED) is 0.844. The summed E-state index contributed by atoms with van der Waals surface area (Å²) in [4.78, 5) is 0. The molecule has 3 N–H and O–H groups in total. The van der Waals surface area contributed by atoms with Gasteiger partial charge in [-0.3, -0.25) is 5.10 Å². The Morgan fingerprint density at radius 2 is 2.19 bits per heavy atom. The Bertz CT molecular complexity index is 522. The van der Waals surface area contributed by atoms with Crippen LogP contribution in [0.2, 0.25) is 5.02 Å². The van der Waals surface area contributed by atoms with Crippen LogP contribution in [0.5, 0.6) is 5.75 Å². The van der Waals surface area contributed by atoms with E-state index in [0.29, 0.717) is 10.8 Å². The SMILES string of the molecule is COc1ccc(Cl)c(C)c1-c1cc(N)n[nH]1. The van der Waals surface area contributed by atoms with Crippen LogP contribution in [-0.4, -0.2) is 17.3 Å². The zero-order chi connectivity index (χ0) is 11.7. The van der Waals surface area contributed by atoms with Crippen molar-refractivity contribution < 1.29 is 4.74 Å². The second kappa shape index (κ2) is 4.06. The minimum Gasteiger partial charge on any atom is -0.496 e. The zero-order valence-electron chi connectivity index (χ0n) is 9.04. The number of hydrogen-bond acceptors (Lipinski definition) is 3. The van der Waals surface area contributed by atoms with Crippen molar-refractivity contribution in [1.82, 2.24) is 10.2 Å². The number of H-pyrrole nitrogens is 1. The number of nitrogens with two attached hydrogens (primary N) is 1. The number of halogens is 1. The molecule has 0 saturated carbocycles. The van der Waals surface area contributed by atoms with Crippen molar-refractivity contribution in [3.63, 3.8) is 0 Å². The van der Waals surface area contributed by atoms with E-state index in [1.165, 1.54) is 0 Å². The first-order valence-corrected chi connectivity index (χ1v) is 5.15. The van der Waals surface area contributed by atoms with Gasteiger partial charge >= 0.3 is 0 Å². The molecule has 0 aliphatic heterocycles. The third kappa shape index (κ3) is 1.72. The van der Waals surface area contributed by atoms with Crippen molar-refractivity contribution in [3.8, 4) is 17.0 Å². The molecular formula is C11H12ClN3O. The Morgan fingerprint density at radius 1 is 1.44 bits per heavy atom. The van der Waals surface area contributed by atoms with E-state index >= 15 is 0 Å². The Hall–Kier alpha value is -1.68. The molecule has 0 bridgehead atoms. The third-order valence-electron chi connectivity index (χ3n) is 2.45. The highest BCUT2D eigenvalue weighted by molar-refractivity contribution is 6.31. The van der Waals surface area contributed by atoms with Crippen LogP contribution in [0.25, 0.3) is 11.3 Å². The molecule has 0 saturated heterocycles. The van der Waals surface area contributed by atoms with E-state index in [1.54, 1.807) is 19.2 Å². The Labute approximate surface area is 98.4 Å². The van der Waals surface area contributed by atoms with Crippen LogP contribution in [0.1, 0.15) is 5.56 Å². The number of nitrogens with zero attached hydrogens (tertiary/aromatic N) is 1. The molecule has 0 amide bonds. The molecule has 2 rings (SSSR count). The van der Waals surface area contributed by atoms with E-state index in [4.69, 9.17) is 22.1 Å². The van der Waals surface area contributed by atoms with Gasteiger partial charge in [0.15, 0.2) is 0 Å². The lowest BCUT2D eigenvalue weighted by molar-refractivity contribution is 0.416. The van der Waals surface area contributed by atoms with Crippen LogP contribution in [-0.2, 0) is 0 Å². The van der Waals surface area contributed by atoms with Crippen molar-refractivity contribution in [3.05, 3.63) is 28.8 Å². The molecule has 0 aliphatic carbocycles. The van der Waals surface area contributed by atoms with Gasteiger partial charge in [0.05, 0.1) is 12.8 Å². The van der Waals surface area contributed by atoms with E-state index in [2.05, 4.69) is 10.2 Å². The van der Waals surface area contributed by atoms with Gasteiger partial charge in [-0.05, 0) is 24.6 Å².